The number of halogens is 2. The molecule has 0 spiro atoms. The number of hydrogen-bond donors (Lipinski definition) is 3. The first-order valence-electron chi connectivity index (χ1n) is 10.3. The van der Waals surface area contributed by atoms with E-state index in [1.54, 1.807) is 6.07 Å². The predicted molar refractivity (Wildman–Crippen MR) is 137 cm³/mol. The van der Waals surface area contributed by atoms with Gasteiger partial charge in [-0.3, -0.25) is 0 Å². The van der Waals surface area contributed by atoms with E-state index >= 15 is 0 Å². The Labute approximate surface area is 205 Å². The number of thiophene rings is 1. The lowest BCUT2D eigenvalue weighted by Gasteiger charge is -2.21. The van der Waals surface area contributed by atoms with Crippen LogP contribution < -0.4 is 15.5 Å². The standard InChI is InChI=1S/C21H30ClN5OS.HI/c1-2-23-21(26-15-17(28)18-8-9-19(22)29-18)25-14-16-7-10-20(24-13-16)27-11-5-3-4-6-12-27;/h7-10,13,17,28H,2-6,11-12,14-15H2,1H3,(H2,23,25,26);1H. The molecule has 0 saturated carbocycles. The number of nitrogens with zero attached hydrogens (tertiary/aromatic N) is 3. The minimum Gasteiger partial charge on any atom is -0.386 e. The minimum atomic E-state index is -0.620. The highest BCUT2D eigenvalue weighted by atomic mass is 127. The van der Waals surface area contributed by atoms with E-state index in [1.165, 1.54) is 37.0 Å². The maximum Gasteiger partial charge on any atom is 0.191 e. The molecule has 6 nitrogen and oxygen atoms in total. The van der Waals surface area contributed by atoms with Gasteiger partial charge < -0.3 is 20.6 Å². The Balaban J connectivity index is 0.00000320. The van der Waals surface area contributed by atoms with Gasteiger partial charge >= 0.3 is 0 Å². The fourth-order valence-corrected chi connectivity index (χ4v) is 4.36. The van der Waals surface area contributed by atoms with Crippen molar-refractivity contribution in [2.24, 2.45) is 4.99 Å². The van der Waals surface area contributed by atoms with Crippen LogP contribution in [0, 0.1) is 0 Å². The first kappa shape index (κ1) is 25.2. The number of aliphatic hydroxyl groups excluding tert-OH is 1. The van der Waals surface area contributed by atoms with Crippen LogP contribution in [0.4, 0.5) is 5.82 Å². The summed E-state index contributed by atoms with van der Waals surface area (Å²) < 4.78 is 0.677. The van der Waals surface area contributed by atoms with Gasteiger partial charge in [-0.25, -0.2) is 9.98 Å². The van der Waals surface area contributed by atoms with Gasteiger partial charge in [-0.1, -0.05) is 30.5 Å². The van der Waals surface area contributed by atoms with Crippen LogP contribution in [0.25, 0.3) is 0 Å². The molecule has 166 valence electrons. The monoisotopic (exact) mass is 563 g/mol. The Morgan fingerprint density at radius 2 is 1.97 bits per heavy atom. The van der Waals surface area contributed by atoms with Crippen molar-refractivity contribution in [1.82, 2.24) is 15.6 Å². The zero-order valence-electron chi connectivity index (χ0n) is 17.3. The molecule has 1 saturated heterocycles. The molecule has 3 heterocycles. The molecule has 1 atom stereocenters. The number of hydrogen-bond acceptors (Lipinski definition) is 5. The highest BCUT2D eigenvalue weighted by Crippen LogP contribution is 2.26. The van der Waals surface area contributed by atoms with Crippen LogP contribution in [0.1, 0.15) is 49.2 Å². The highest BCUT2D eigenvalue weighted by Gasteiger charge is 2.12. The van der Waals surface area contributed by atoms with E-state index < -0.39 is 6.10 Å². The van der Waals surface area contributed by atoms with Crippen LogP contribution in [-0.4, -0.2) is 42.2 Å². The minimum absolute atomic E-state index is 0. The molecule has 0 radical (unpaired) electrons. The van der Waals surface area contributed by atoms with Gasteiger partial charge in [0, 0.05) is 37.3 Å². The van der Waals surface area contributed by atoms with Crippen molar-refractivity contribution in [3.63, 3.8) is 0 Å². The molecule has 1 aliphatic heterocycles. The van der Waals surface area contributed by atoms with Gasteiger partial charge in [0.25, 0.3) is 0 Å². The number of pyridine rings is 1. The van der Waals surface area contributed by atoms with Crippen LogP contribution in [0.2, 0.25) is 4.34 Å². The summed E-state index contributed by atoms with van der Waals surface area (Å²) in [4.78, 5) is 12.5. The summed E-state index contributed by atoms with van der Waals surface area (Å²) in [6, 6.07) is 7.84. The molecule has 9 heteroatoms. The van der Waals surface area contributed by atoms with E-state index in [0.717, 1.165) is 35.9 Å². The molecular weight excluding hydrogens is 533 g/mol. The average Bonchev–Trinajstić information content (AvgIpc) is 3.00. The van der Waals surface area contributed by atoms with Crippen LogP contribution in [0.5, 0.6) is 0 Å². The number of aliphatic imine (C=N–C) groups is 1. The van der Waals surface area contributed by atoms with Gasteiger partial charge in [-0.2, -0.15) is 0 Å². The lowest BCUT2D eigenvalue weighted by atomic mass is 10.2. The number of anilines is 1. The Bertz CT molecular complexity index is 778. The third kappa shape index (κ3) is 7.86. The maximum atomic E-state index is 10.3. The lowest BCUT2D eigenvalue weighted by Crippen LogP contribution is -2.39. The first-order chi connectivity index (χ1) is 14.2. The maximum absolute atomic E-state index is 10.3. The zero-order valence-corrected chi connectivity index (χ0v) is 21.2. The number of aromatic nitrogens is 1. The van der Waals surface area contributed by atoms with E-state index in [9.17, 15) is 5.11 Å². The molecule has 3 N–H and O–H groups in total. The molecule has 3 rings (SSSR count). The Morgan fingerprint density at radius 3 is 2.57 bits per heavy atom. The fraction of sp³-hybridized carbons (Fsp3) is 0.524. The number of guanidine groups is 1. The average molecular weight is 564 g/mol. The molecular formula is C21H31ClIN5OS. The number of nitrogens with one attached hydrogen (secondary N) is 2. The second-order valence-corrected chi connectivity index (χ2v) is 8.91. The second-order valence-electron chi connectivity index (χ2n) is 7.16. The van der Waals surface area contributed by atoms with Gasteiger partial charge in [-0.05, 0) is 43.5 Å². The summed E-state index contributed by atoms with van der Waals surface area (Å²) in [5.41, 5.74) is 1.06. The normalized spacial score (nSPS) is 15.8. The number of rotatable bonds is 7. The second kappa shape index (κ2) is 13.3. The van der Waals surface area contributed by atoms with E-state index in [4.69, 9.17) is 11.6 Å². The lowest BCUT2D eigenvalue weighted by molar-refractivity contribution is 0.184. The van der Waals surface area contributed by atoms with Gasteiger partial charge in [0.05, 0.1) is 10.9 Å². The summed E-state index contributed by atoms with van der Waals surface area (Å²) in [5.74, 6) is 1.73. The van der Waals surface area contributed by atoms with Crippen LogP contribution in [0.15, 0.2) is 35.5 Å². The van der Waals surface area contributed by atoms with Crippen molar-refractivity contribution in [3.05, 3.63) is 45.2 Å². The van der Waals surface area contributed by atoms with E-state index in [0.29, 0.717) is 23.4 Å². The van der Waals surface area contributed by atoms with Gasteiger partial charge in [0.2, 0.25) is 0 Å². The molecule has 1 unspecified atom stereocenters. The SMILES string of the molecule is CCNC(=NCc1ccc(N2CCCCCC2)nc1)NCC(O)c1ccc(Cl)s1.I. The molecule has 1 aliphatic rings. The third-order valence-corrected chi connectivity index (χ3v) is 6.22. The summed E-state index contributed by atoms with van der Waals surface area (Å²) in [6.45, 7) is 5.86. The Hall–Kier alpha value is -1.10. The highest BCUT2D eigenvalue weighted by molar-refractivity contribution is 14.0. The number of aliphatic hydroxyl groups is 1. The van der Waals surface area contributed by atoms with Crippen molar-refractivity contribution in [2.45, 2.75) is 45.3 Å². The molecule has 0 amide bonds. The van der Waals surface area contributed by atoms with Gasteiger partial charge in [0.15, 0.2) is 5.96 Å². The smallest absolute Gasteiger partial charge is 0.191 e. The molecule has 0 aliphatic carbocycles. The quantitative estimate of drug-likeness (QED) is 0.261. The van der Waals surface area contributed by atoms with Crippen molar-refractivity contribution in [1.29, 1.82) is 0 Å². The zero-order chi connectivity index (χ0) is 20.5. The largest absolute Gasteiger partial charge is 0.386 e. The summed E-state index contributed by atoms with van der Waals surface area (Å²) in [5, 5.41) is 16.7. The molecule has 30 heavy (non-hydrogen) atoms. The Morgan fingerprint density at radius 1 is 1.20 bits per heavy atom. The molecule has 0 aromatic carbocycles. The molecule has 0 bridgehead atoms. The van der Waals surface area contributed by atoms with E-state index in [2.05, 4.69) is 37.6 Å². The fourth-order valence-electron chi connectivity index (χ4n) is 3.31. The van der Waals surface area contributed by atoms with E-state index in [1.807, 2.05) is 19.2 Å². The molecule has 1 fully saturated rings. The van der Waals surface area contributed by atoms with Crippen molar-refractivity contribution in [2.75, 3.05) is 31.1 Å². The van der Waals surface area contributed by atoms with Crippen molar-refractivity contribution < 1.29 is 5.11 Å². The topological polar surface area (TPSA) is 72.8 Å². The Kier molecular flexibility index (Phi) is 11.2. The van der Waals surface area contributed by atoms with Gasteiger partial charge in [-0.15, -0.1) is 35.3 Å². The van der Waals surface area contributed by atoms with Gasteiger partial charge in [0.1, 0.15) is 11.9 Å². The summed E-state index contributed by atoms with van der Waals surface area (Å²) in [6.07, 6.45) is 6.42. The third-order valence-electron chi connectivity index (χ3n) is 4.89. The van der Waals surface area contributed by atoms with Crippen molar-refractivity contribution in [3.8, 4) is 0 Å². The van der Waals surface area contributed by atoms with Crippen molar-refractivity contribution >= 4 is 58.7 Å². The van der Waals surface area contributed by atoms with E-state index in [-0.39, 0.29) is 24.0 Å². The molecule has 2 aromatic heterocycles. The van der Waals surface area contributed by atoms with Crippen LogP contribution in [0.3, 0.4) is 0 Å². The molecule has 2 aromatic rings. The summed E-state index contributed by atoms with van der Waals surface area (Å²) >= 11 is 7.33. The van der Waals surface area contributed by atoms with Crippen LogP contribution >= 0.6 is 46.9 Å². The summed E-state index contributed by atoms with van der Waals surface area (Å²) in [7, 11) is 0. The predicted octanol–water partition coefficient (Wildman–Crippen LogP) is 4.58. The van der Waals surface area contributed by atoms with Crippen LogP contribution in [-0.2, 0) is 6.54 Å². The first-order valence-corrected chi connectivity index (χ1v) is 11.5.